The highest BCUT2D eigenvalue weighted by Gasteiger charge is 2.22. The Morgan fingerprint density at radius 3 is 2.26 bits per heavy atom. The second-order valence-electron chi connectivity index (χ2n) is 5.34. The highest BCUT2D eigenvalue weighted by atomic mass is 16.5. The fourth-order valence-electron chi connectivity index (χ4n) is 2.49. The summed E-state index contributed by atoms with van der Waals surface area (Å²) in [5.74, 6) is -2.13. The van der Waals surface area contributed by atoms with Crippen LogP contribution in [0, 0.1) is 6.92 Å². The summed E-state index contributed by atoms with van der Waals surface area (Å²) in [6.07, 6.45) is 0.270. The average molecular weight is 314 g/mol. The Balaban J connectivity index is 2.34. The van der Waals surface area contributed by atoms with Crippen LogP contribution in [0.15, 0.2) is 42.5 Å². The van der Waals surface area contributed by atoms with Crippen LogP contribution in [0.2, 0.25) is 0 Å². The van der Waals surface area contributed by atoms with E-state index in [-0.39, 0.29) is 12.0 Å². The average Bonchev–Trinajstić information content (AvgIpc) is 2.52. The number of carbonyl (C=O) groups is 2. The van der Waals surface area contributed by atoms with Crippen LogP contribution in [-0.4, -0.2) is 29.3 Å². The number of rotatable bonds is 6. The first kappa shape index (κ1) is 16.5. The molecule has 0 radical (unpaired) electrons. The minimum absolute atomic E-state index is 0.131. The molecule has 0 aliphatic carbocycles. The number of aryl methyl sites for hydroxylation is 1. The van der Waals surface area contributed by atoms with Gasteiger partial charge in [0.1, 0.15) is 5.75 Å². The van der Waals surface area contributed by atoms with Crippen molar-refractivity contribution in [1.29, 1.82) is 0 Å². The van der Waals surface area contributed by atoms with Crippen LogP contribution in [0.3, 0.4) is 0 Å². The van der Waals surface area contributed by atoms with Gasteiger partial charge < -0.3 is 14.9 Å². The molecule has 23 heavy (non-hydrogen) atoms. The molecule has 5 nitrogen and oxygen atoms in total. The van der Waals surface area contributed by atoms with Crippen molar-refractivity contribution in [2.24, 2.45) is 0 Å². The Kier molecular flexibility index (Phi) is 5.01. The zero-order chi connectivity index (χ0) is 17.0. The van der Waals surface area contributed by atoms with E-state index in [1.165, 1.54) is 12.1 Å². The molecule has 0 heterocycles. The number of carboxylic acids is 2. The molecule has 2 rings (SSSR count). The van der Waals surface area contributed by atoms with Crippen LogP contribution < -0.4 is 4.74 Å². The van der Waals surface area contributed by atoms with Crippen LogP contribution in [0.4, 0.5) is 0 Å². The lowest BCUT2D eigenvalue weighted by Crippen LogP contribution is -2.15. The van der Waals surface area contributed by atoms with Gasteiger partial charge in [-0.1, -0.05) is 29.8 Å². The van der Waals surface area contributed by atoms with Gasteiger partial charge in [0.05, 0.1) is 18.6 Å². The van der Waals surface area contributed by atoms with E-state index in [1.54, 1.807) is 19.2 Å². The largest absolute Gasteiger partial charge is 0.496 e. The number of hydrogen-bond donors (Lipinski definition) is 2. The third-order valence-electron chi connectivity index (χ3n) is 3.72. The van der Waals surface area contributed by atoms with Gasteiger partial charge in [-0.05, 0) is 42.7 Å². The van der Waals surface area contributed by atoms with E-state index in [1.807, 2.05) is 25.1 Å². The number of hydrogen-bond acceptors (Lipinski definition) is 3. The van der Waals surface area contributed by atoms with Crippen molar-refractivity contribution in [2.45, 2.75) is 19.3 Å². The monoisotopic (exact) mass is 314 g/mol. The third-order valence-corrected chi connectivity index (χ3v) is 3.72. The summed E-state index contributed by atoms with van der Waals surface area (Å²) >= 11 is 0. The highest BCUT2D eigenvalue weighted by Crippen LogP contribution is 2.28. The molecule has 1 unspecified atom stereocenters. The van der Waals surface area contributed by atoms with Gasteiger partial charge in [-0.2, -0.15) is 0 Å². The van der Waals surface area contributed by atoms with Crippen molar-refractivity contribution in [2.75, 3.05) is 7.11 Å². The maximum absolute atomic E-state index is 11.7. The van der Waals surface area contributed by atoms with Crippen LogP contribution in [-0.2, 0) is 11.2 Å². The van der Waals surface area contributed by atoms with Gasteiger partial charge in [-0.3, -0.25) is 4.79 Å². The van der Waals surface area contributed by atoms with Crippen LogP contribution in [0.25, 0.3) is 0 Å². The van der Waals surface area contributed by atoms with Gasteiger partial charge in [0, 0.05) is 0 Å². The van der Waals surface area contributed by atoms with Crippen LogP contribution in [0.5, 0.6) is 5.75 Å². The molecule has 0 aromatic heterocycles. The van der Waals surface area contributed by atoms with E-state index in [2.05, 4.69) is 0 Å². The molecule has 0 aliphatic heterocycles. The zero-order valence-corrected chi connectivity index (χ0v) is 12.9. The molecule has 1 atom stereocenters. The van der Waals surface area contributed by atoms with Gasteiger partial charge in [0.15, 0.2) is 0 Å². The Hall–Kier alpha value is -2.82. The molecular weight excluding hydrogens is 296 g/mol. The molecule has 120 valence electrons. The quantitative estimate of drug-likeness (QED) is 0.856. The highest BCUT2D eigenvalue weighted by molar-refractivity contribution is 5.87. The topological polar surface area (TPSA) is 83.8 Å². The first-order valence-electron chi connectivity index (χ1n) is 7.12. The van der Waals surface area contributed by atoms with E-state index in [4.69, 9.17) is 9.84 Å². The van der Waals surface area contributed by atoms with E-state index in [0.717, 1.165) is 11.1 Å². The summed E-state index contributed by atoms with van der Waals surface area (Å²) in [5.41, 5.74) is 2.52. The molecule has 2 aromatic carbocycles. The fraction of sp³-hybridized carbons (Fsp3) is 0.222. The van der Waals surface area contributed by atoms with Gasteiger partial charge in [-0.25, -0.2) is 4.79 Å². The van der Waals surface area contributed by atoms with E-state index in [9.17, 15) is 14.7 Å². The van der Waals surface area contributed by atoms with Crippen molar-refractivity contribution in [3.05, 3.63) is 64.7 Å². The molecule has 0 saturated carbocycles. The third kappa shape index (κ3) is 3.88. The normalized spacial score (nSPS) is 11.7. The molecule has 0 fully saturated rings. The molecule has 2 aromatic rings. The molecule has 2 N–H and O–H groups in total. The van der Waals surface area contributed by atoms with Crippen molar-refractivity contribution < 1.29 is 24.5 Å². The maximum Gasteiger partial charge on any atom is 0.335 e. The second-order valence-corrected chi connectivity index (χ2v) is 5.34. The smallest absolute Gasteiger partial charge is 0.335 e. The number of aromatic carboxylic acids is 1. The minimum Gasteiger partial charge on any atom is -0.496 e. The van der Waals surface area contributed by atoms with Gasteiger partial charge in [0.2, 0.25) is 0 Å². The number of methoxy groups -OCH3 is 1. The second kappa shape index (κ2) is 6.96. The molecule has 0 amide bonds. The Morgan fingerprint density at radius 1 is 1.09 bits per heavy atom. The number of ether oxygens (including phenoxy) is 1. The molecule has 5 heteroatoms. The summed E-state index contributed by atoms with van der Waals surface area (Å²) < 4.78 is 5.30. The first-order chi connectivity index (χ1) is 10.9. The van der Waals surface area contributed by atoms with Crippen molar-refractivity contribution in [1.82, 2.24) is 0 Å². The SMILES string of the molecule is COc1ccc(C)cc1CC(C(=O)O)c1ccc(C(=O)O)cc1. The Morgan fingerprint density at radius 2 is 1.74 bits per heavy atom. The van der Waals surface area contributed by atoms with Crippen LogP contribution >= 0.6 is 0 Å². The van der Waals surface area contributed by atoms with Crippen molar-refractivity contribution in [3.63, 3.8) is 0 Å². The molecule has 0 bridgehead atoms. The van der Waals surface area contributed by atoms with Crippen molar-refractivity contribution in [3.8, 4) is 5.75 Å². The molecule has 0 aliphatic rings. The number of carboxylic acid groups (broad SMARTS) is 2. The molecule has 0 saturated heterocycles. The number of aliphatic carboxylic acids is 1. The summed E-state index contributed by atoms with van der Waals surface area (Å²) in [5, 5.41) is 18.5. The Labute approximate surface area is 134 Å². The van der Waals surface area contributed by atoms with E-state index >= 15 is 0 Å². The predicted molar refractivity (Wildman–Crippen MR) is 85.2 cm³/mol. The lowest BCUT2D eigenvalue weighted by Gasteiger charge is -2.16. The molecular formula is C18H18O5. The van der Waals surface area contributed by atoms with Gasteiger partial charge in [0.25, 0.3) is 0 Å². The van der Waals surface area contributed by atoms with E-state index < -0.39 is 17.9 Å². The van der Waals surface area contributed by atoms with Crippen molar-refractivity contribution >= 4 is 11.9 Å². The summed E-state index contributed by atoms with van der Waals surface area (Å²) in [4.78, 5) is 22.5. The maximum atomic E-state index is 11.7. The molecule has 0 spiro atoms. The number of benzene rings is 2. The predicted octanol–water partition coefficient (Wildman–Crippen LogP) is 3.11. The fourth-order valence-corrected chi connectivity index (χ4v) is 2.49. The van der Waals surface area contributed by atoms with Gasteiger partial charge >= 0.3 is 11.9 Å². The summed E-state index contributed by atoms with van der Waals surface area (Å²) in [6.45, 7) is 1.93. The van der Waals surface area contributed by atoms with Gasteiger partial charge in [-0.15, -0.1) is 0 Å². The first-order valence-corrected chi connectivity index (χ1v) is 7.12. The van der Waals surface area contributed by atoms with Crippen LogP contribution in [0.1, 0.15) is 33.0 Å². The lowest BCUT2D eigenvalue weighted by atomic mass is 9.90. The lowest BCUT2D eigenvalue weighted by molar-refractivity contribution is -0.138. The zero-order valence-electron chi connectivity index (χ0n) is 12.9. The van der Waals surface area contributed by atoms with E-state index in [0.29, 0.717) is 11.3 Å². The summed E-state index contributed by atoms with van der Waals surface area (Å²) in [7, 11) is 1.55. The summed E-state index contributed by atoms with van der Waals surface area (Å²) in [6, 6.07) is 11.6. The standard InChI is InChI=1S/C18H18O5/c1-11-3-8-16(23-2)14(9-11)10-15(18(21)22)12-4-6-13(7-5-12)17(19)20/h3-9,15H,10H2,1-2H3,(H,19,20)(H,21,22). The minimum atomic E-state index is -1.04. The Bertz CT molecular complexity index is 719.